The van der Waals surface area contributed by atoms with Gasteiger partial charge in [-0.1, -0.05) is 11.6 Å². The molecule has 0 saturated carbocycles. The number of nitrogens with zero attached hydrogens (tertiary/aromatic N) is 3. The molecule has 0 saturated heterocycles. The highest BCUT2D eigenvalue weighted by molar-refractivity contribution is 6.33. The smallest absolute Gasteiger partial charge is 0.338 e. The van der Waals surface area contributed by atoms with Crippen LogP contribution in [0.25, 0.3) is 0 Å². The van der Waals surface area contributed by atoms with Gasteiger partial charge in [0.15, 0.2) is 5.57 Å². The number of rotatable bonds is 4. The van der Waals surface area contributed by atoms with Crippen LogP contribution in [0.5, 0.6) is 0 Å². The van der Waals surface area contributed by atoms with Crippen LogP contribution in [0, 0.1) is 34.0 Å². The molecule has 1 N–H and O–H groups in total. The maximum atomic E-state index is 11.8. The maximum Gasteiger partial charge on any atom is 0.338 e. The summed E-state index contributed by atoms with van der Waals surface area (Å²) in [4.78, 5) is 11.8. The molecule has 0 spiro atoms. The van der Waals surface area contributed by atoms with E-state index in [1.807, 2.05) is 0 Å². The topological polar surface area (TPSA) is 110 Å². The van der Waals surface area contributed by atoms with Crippen LogP contribution in [0.3, 0.4) is 0 Å². The molecular formula is C15H11ClN4O2. The molecule has 1 aromatic rings. The van der Waals surface area contributed by atoms with Crippen LogP contribution in [0.4, 0.5) is 5.69 Å². The number of allylic oxidation sites excluding steroid dienone is 2. The summed E-state index contributed by atoms with van der Waals surface area (Å²) in [6.07, 6.45) is -0.280. The third kappa shape index (κ3) is 4.24. The predicted octanol–water partition coefficient (Wildman–Crippen LogP) is 3.14. The second-order valence-electron chi connectivity index (χ2n) is 4.36. The third-order valence-electron chi connectivity index (χ3n) is 2.39. The van der Waals surface area contributed by atoms with Crippen molar-refractivity contribution in [3.63, 3.8) is 0 Å². The molecule has 0 aliphatic carbocycles. The van der Waals surface area contributed by atoms with Gasteiger partial charge < -0.3 is 10.1 Å². The van der Waals surface area contributed by atoms with Crippen LogP contribution >= 0.6 is 11.6 Å². The van der Waals surface area contributed by atoms with E-state index in [9.17, 15) is 4.79 Å². The lowest BCUT2D eigenvalue weighted by Gasteiger charge is -2.11. The number of carbonyl (C=O) groups is 1. The van der Waals surface area contributed by atoms with Gasteiger partial charge in [0.25, 0.3) is 0 Å². The molecule has 0 aliphatic rings. The van der Waals surface area contributed by atoms with Gasteiger partial charge in [-0.25, -0.2) is 4.79 Å². The van der Waals surface area contributed by atoms with Gasteiger partial charge in [-0.3, -0.25) is 0 Å². The molecule has 110 valence electrons. The Morgan fingerprint density at radius 2 is 1.86 bits per heavy atom. The molecule has 0 heterocycles. The predicted molar refractivity (Wildman–Crippen MR) is 79.5 cm³/mol. The zero-order valence-corrected chi connectivity index (χ0v) is 12.6. The monoisotopic (exact) mass is 314 g/mol. The van der Waals surface area contributed by atoms with Crippen molar-refractivity contribution in [1.29, 1.82) is 15.8 Å². The Bertz CT molecular complexity index is 732. The molecule has 0 bridgehead atoms. The Balaban J connectivity index is 3.20. The molecule has 0 atom stereocenters. The summed E-state index contributed by atoms with van der Waals surface area (Å²) in [7, 11) is 0. The second-order valence-corrected chi connectivity index (χ2v) is 4.77. The number of anilines is 1. The van der Waals surface area contributed by atoms with Crippen molar-refractivity contribution >= 4 is 23.3 Å². The van der Waals surface area contributed by atoms with Crippen molar-refractivity contribution in [1.82, 2.24) is 0 Å². The summed E-state index contributed by atoms with van der Waals surface area (Å²) in [5.74, 6) is -0.544. The van der Waals surface area contributed by atoms with E-state index >= 15 is 0 Å². The van der Waals surface area contributed by atoms with Gasteiger partial charge in [-0.2, -0.15) is 15.8 Å². The highest BCUT2D eigenvalue weighted by Crippen LogP contribution is 2.25. The average Bonchev–Trinajstić information content (AvgIpc) is 2.48. The van der Waals surface area contributed by atoms with Gasteiger partial charge in [-0.15, -0.1) is 0 Å². The van der Waals surface area contributed by atoms with Gasteiger partial charge in [0.1, 0.15) is 23.9 Å². The normalized spacial score (nSPS) is 9.14. The molecule has 1 rings (SSSR count). The SMILES string of the molecule is CC(C)OC(=O)c1ccc(Cl)c(NC(C#N)=C(C#N)C#N)c1. The van der Waals surface area contributed by atoms with Crippen molar-refractivity contribution in [2.75, 3.05) is 5.32 Å². The molecule has 7 heteroatoms. The van der Waals surface area contributed by atoms with E-state index < -0.39 is 5.97 Å². The van der Waals surface area contributed by atoms with E-state index in [4.69, 9.17) is 32.1 Å². The molecule has 6 nitrogen and oxygen atoms in total. The second kappa shape index (κ2) is 7.69. The van der Waals surface area contributed by atoms with Gasteiger partial charge in [0, 0.05) is 0 Å². The number of hydrogen-bond acceptors (Lipinski definition) is 6. The van der Waals surface area contributed by atoms with Crippen LogP contribution in [0.2, 0.25) is 5.02 Å². The molecule has 0 radical (unpaired) electrons. The molecule has 0 aromatic heterocycles. The molecule has 1 aromatic carbocycles. The van der Waals surface area contributed by atoms with Crippen LogP contribution in [-0.2, 0) is 4.74 Å². The van der Waals surface area contributed by atoms with Crippen LogP contribution in [-0.4, -0.2) is 12.1 Å². The molecular weight excluding hydrogens is 304 g/mol. The highest BCUT2D eigenvalue weighted by Gasteiger charge is 2.14. The Morgan fingerprint density at radius 1 is 1.23 bits per heavy atom. The lowest BCUT2D eigenvalue weighted by Crippen LogP contribution is -2.12. The molecule has 0 aliphatic heterocycles. The van der Waals surface area contributed by atoms with Crippen LogP contribution in [0.1, 0.15) is 24.2 Å². The van der Waals surface area contributed by atoms with Crippen molar-refractivity contribution in [2.24, 2.45) is 0 Å². The lowest BCUT2D eigenvalue weighted by molar-refractivity contribution is 0.0378. The Labute approximate surface area is 132 Å². The summed E-state index contributed by atoms with van der Waals surface area (Å²) in [6.45, 7) is 3.44. The van der Waals surface area contributed by atoms with Crippen molar-refractivity contribution in [3.8, 4) is 18.2 Å². The van der Waals surface area contributed by atoms with Crippen LogP contribution in [0.15, 0.2) is 29.5 Å². The van der Waals surface area contributed by atoms with E-state index in [2.05, 4.69) is 5.32 Å². The van der Waals surface area contributed by atoms with Crippen LogP contribution < -0.4 is 5.32 Å². The summed E-state index contributed by atoms with van der Waals surface area (Å²) in [5, 5.41) is 29.4. The third-order valence-corrected chi connectivity index (χ3v) is 2.72. The van der Waals surface area contributed by atoms with Crippen molar-refractivity contribution in [3.05, 3.63) is 40.1 Å². The zero-order chi connectivity index (χ0) is 16.7. The van der Waals surface area contributed by atoms with Gasteiger partial charge in [0.2, 0.25) is 0 Å². The summed E-state index contributed by atoms with van der Waals surface area (Å²) in [6, 6.07) is 9.23. The number of halogens is 1. The number of carbonyl (C=O) groups excluding carboxylic acids is 1. The van der Waals surface area contributed by atoms with E-state index in [1.54, 1.807) is 32.1 Å². The van der Waals surface area contributed by atoms with E-state index in [0.717, 1.165) is 0 Å². The fourth-order valence-electron chi connectivity index (χ4n) is 1.45. The zero-order valence-electron chi connectivity index (χ0n) is 11.8. The summed E-state index contributed by atoms with van der Waals surface area (Å²) >= 11 is 5.99. The fraction of sp³-hybridized carbons (Fsp3) is 0.200. The van der Waals surface area contributed by atoms with E-state index in [-0.39, 0.29) is 33.6 Å². The quantitative estimate of drug-likeness (QED) is 0.675. The highest BCUT2D eigenvalue weighted by atomic mass is 35.5. The lowest BCUT2D eigenvalue weighted by atomic mass is 10.2. The van der Waals surface area contributed by atoms with Gasteiger partial charge >= 0.3 is 5.97 Å². The molecule has 22 heavy (non-hydrogen) atoms. The van der Waals surface area contributed by atoms with E-state index in [0.29, 0.717) is 0 Å². The van der Waals surface area contributed by atoms with Crippen molar-refractivity contribution in [2.45, 2.75) is 20.0 Å². The first-order valence-corrected chi connectivity index (χ1v) is 6.52. The minimum Gasteiger partial charge on any atom is -0.459 e. The molecule has 0 fully saturated rings. The Morgan fingerprint density at radius 3 is 2.36 bits per heavy atom. The Hall–Kier alpha value is -3.01. The standard InChI is InChI=1S/C15H11ClN4O2/c1-9(2)22-15(21)10-3-4-12(16)13(5-10)20-14(8-19)11(6-17)7-18/h3-5,9,20H,1-2H3. The molecule has 0 amide bonds. The van der Waals surface area contributed by atoms with Gasteiger partial charge in [0.05, 0.1) is 22.4 Å². The Kier molecular flexibility index (Phi) is 5.96. The number of hydrogen-bond donors (Lipinski definition) is 1. The summed E-state index contributed by atoms with van der Waals surface area (Å²) in [5.41, 5.74) is -0.178. The van der Waals surface area contributed by atoms with Gasteiger partial charge in [-0.05, 0) is 32.0 Å². The maximum absolute atomic E-state index is 11.8. The fourth-order valence-corrected chi connectivity index (χ4v) is 1.61. The first kappa shape index (κ1) is 17.0. The molecule has 0 unspecified atom stereocenters. The largest absolute Gasteiger partial charge is 0.459 e. The number of nitrogens with one attached hydrogen (secondary N) is 1. The van der Waals surface area contributed by atoms with Crippen molar-refractivity contribution < 1.29 is 9.53 Å². The average molecular weight is 315 g/mol. The minimum absolute atomic E-state index is 0.222. The summed E-state index contributed by atoms with van der Waals surface area (Å²) < 4.78 is 5.06. The first-order valence-electron chi connectivity index (χ1n) is 6.15. The first-order chi connectivity index (χ1) is 10.4. The number of esters is 1. The number of nitriles is 3. The number of benzene rings is 1. The number of ether oxygens (including phenoxy) is 1. The van der Waals surface area contributed by atoms with E-state index in [1.165, 1.54) is 18.2 Å². The minimum atomic E-state index is -0.544.